The van der Waals surface area contributed by atoms with Crippen LogP contribution < -0.4 is 5.32 Å². The molecule has 1 aromatic heterocycles. The van der Waals surface area contributed by atoms with Gasteiger partial charge in [0.25, 0.3) is 5.91 Å². The van der Waals surface area contributed by atoms with Crippen molar-refractivity contribution in [1.82, 2.24) is 24.6 Å². The van der Waals surface area contributed by atoms with Crippen LogP contribution >= 0.6 is 22.9 Å². The van der Waals surface area contributed by atoms with Crippen LogP contribution in [-0.2, 0) is 20.8 Å². The van der Waals surface area contributed by atoms with Crippen molar-refractivity contribution in [1.29, 1.82) is 0 Å². The van der Waals surface area contributed by atoms with E-state index in [9.17, 15) is 19.2 Å². The topological polar surface area (TPSA) is 106 Å². The summed E-state index contributed by atoms with van der Waals surface area (Å²) >= 11 is 7.13. The Kier molecular flexibility index (Phi) is 8.78. The number of amides is 4. The molecule has 1 N–H and O–H groups in total. The third-order valence-corrected chi connectivity index (χ3v) is 7.65. The van der Waals surface area contributed by atoms with Gasteiger partial charge >= 0.3 is 0 Å². The Bertz CT molecular complexity index is 1150. The van der Waals surface area contributed by atoms with Gasteiger partial charge in [0.05, 0.1) is 18.7 Å². The lowest BCUT2D eigenvalue weighted by molar-refractivity contribution is -0.143. The second kappa shape index (κ2) is 12.0. The average molecular weight is 547 g/mol. The Hall–Kier alpha value is -3.02. The summed E-state index contributed by atoms with van der Waals surface area (Å²) < 4.78 is 0. The second-order valence-corrected chi connectivity index (χ2v) is 10.7. The van der Waals surface area contributed by atoms with Crippen LogP contribution in [0.15, 0.2) is 29.6 Å². The number of benzene rings is 1. The summed E-state index contributed by atoms with van der Waals surface area (Å²) in [4.78, 5) is 61.9. The minimum absolute atomic E-state index is 0.0315. The smallest absolute Gasteiger partial charge is 0.257 e. The van der Waals surface area contributed by atoms with Gasteiger partial charge in [0, 0.05) is 62.8 Å². The highest BCUT2D eigenvalue weighted by molar-refractivity contribution is 7.14. The quantitative estimate of drug-likeness (QED) is 0.568. The van der Waals surface area contributed by atoms with Gasteiger partial charge in [0.1, 0.15) is 6.04 Å². The Morgan fingerprint density at radius 1 is 1.05 bits per heavy atom. The number of anilines is 1. The van der Waals surface area contributed by atoms with E-state index in [0.29, 0.717) is 60.6 Å². The first-order valence-electron chi connectivity index (χ1n) is 12.2. The Morgan fingerprint density at radius 2 is 1.76 bits per heavy atom. The van der Waals surface area contributed by atoms with Crippen molar-refractivity contribution in [2.75, 3.05) is 58.7 Å². The summed E-state index contributed by atoms with van der Waals surface area (Å²) in [6.45, 7) is 3.10. The number of nitrogens with one attached hydrogen (secondary N) is 1. The molecule has 0 saturated carbocycles. The molecule has 0 aliphatic carbocycles. The zero-order valence-corrected chi connectivity index (χ0v) is 22.6. The number of likely N-dealkylation sites (tertiary alicyclic amines) is 1. The minimum atomic E-state index is -0.371. The fraction of sp³-hybridized carbons (Fsp3) is 0.480. The molecule has 2 aliphatic rings. The number of hydrogen-bond acceptors (Lipinski definition) is 7. The van der Waals surface area contributed by atoms with E-state index in [4.69, 9.17) is 11.6 Å². The summed E-state index contributed by atoms with van der Waals surface area (Å²) in [7, 11) is 3.42. The monoisotopic (exact) mass is 546 g/mol. The van der Waals surface area contributed by atoms with Gasteiger partial charge in [-0.05, 0) is 37.1 Å². The number of thiazole rings is 1. The summed E-state index contributed by atoms with van der Waals surface area (Å²) in [5.74, 6) is -0.395. The van der Waals surface area contributed by atoms with E-state index < -0.39 is 0 Å². The molecule has 0 spiro atoms. The van der Waals surface area contributed by atoms with Gasteiger partial charge in [-0.15, -0.1) is 11.3 Å². The molecule has 2 saturated heterocycles. The van der Waals surface area contributed by atoms with Crippen LogP contribution in [0.1, 0.15) is 28.9 Å². The number of likely N-dealkylation sites (N-methyl/N-ethyl adjacent to an activating group) is 1. The second-order valence-electron chi connectivity index (χ2n) is 9.42. The van der Waals surface area contributed by atoms with Crippen molar-refractivity contribution < 1.29 is 19.2 Å². The van der Waals surface area contributed by atoms with Crippen molar-refractivity contribution in [3.8, 4) is 0 Å². The molecule has 0 unspecified atom stereocenters. The largest absolute Gasteiger partial charge is 0.347 e. The Labute approximate surface area is 225 Å². The molecule has 1 aromatic carbocycles. The average Bonchev–Trinajstić information content (AvgIpc) is 3.54. The van der Waals surface area contributed by atoms with Gasteiger partial charge in [-0.25, -0.2) is 4.98 Å². The van der Waals surface area contributed by atoms with Crippen molar-refractivity contribution in [2.45, 2.75) is 25.3 Å². The first kappa shape index (κ1) is 27.0. The highest BCUT2D eigenvalue weighted by atomic mass is 35.5. The van der Waals surface area contributed by atoms with Gasteiger partial charge in [-0.3, -0.25) is 29.4 Å². The number of halogens is 1. The molecular weight excluding hydrogens is 516 g/mol. The lowest BCUT2D eigenvalue weighted by Crippen LogP contribution is -2.53. The van der Waals surface area contributed by atoms with Gasteiger partial charge < -0.3 is 14.7 Å². The maximum Gasteiger partial charge on any atom is 0.257 e. The van der Waals surface area contributed by atoms with Gasteiger partial charge in [-0.2, -0.15) is 0 Å². The summed E-state index contributed by atoms with van der Waals surface area (Å²) in [6, 6.07) is 6.19. The van der Waals surface area contributed by atoms with Crippen LogP contribution in [0.3, 0.4) is 0 Å². The number of aromatic nitrogens is 1. The molecule has 2 aromatic rings. The zero-order valence-electron chi connectivity index (χ0n) is 21.0. The SMILES string of the molecule is CN(C)C(=O)[C@@H]1CCCN1C(=O)CN1CCN(C(=O)Cc2csc(NC(=O)c3ccc(Cl)cc3)n2)CC1. The fourth-order valence-corrected chi connectivity index (χ4v) is 5.37. The highest BCUT2D eigenvalue weighted by Crippen LogP contribution is 2.20. The molecule has 10 nitrogen and oxygen atoms in total. The molecule has 2 aliphatic heterocycles. The maximum atomic E-state index is 12.9. The molecule has 12 heteroatoms. The summed E-state index contributed by atoms with van der Waals surface area (Å²) in [6.07, 6.45) is 1.68. The predicted molar refractivity (Wildman–Crippen MR) is 142 cm³/mol. The summed E-state index contributed by atoms with van der Waals surface area (Å²) in [5, 5.41) is 5.50. The van der Waals surface area contributed by atoms with Crippen LogP contribution in [0, 0.1) is 0 Å². The van der Waals surface area contributed by atoms with E-state index >= 15 is 0 Å². The molecule has 3 heterocycles. The molecule has 37 heavy (non-hydrogen) atoms. The Morgan fingerprint density at radius 3 is 2.43 bits per heavy atom. The van der Waals surface area contributed by atoms with E-state index in [2.05, 4.69) is 10.3 Å². The Balaban J connectivity index is 1.22. The van der Waals surface area contributed by atoms with Crippen LogP contribution in [0.5, 0.6) is 0 Å². The van der Waals surface area contributed by atoms with Crippen molar-refractivity contribution in [3.63, 3.8) is 0 Å². The van der Waals surface area contributed by atoms with Crippen molar-refractivity contribution >= 4 is 51.7 Å². The molecular formula is C25H31ClN6O4S. The fourth-order valence-electron chi connectivity index (χ4n) is 4.54. The van der Waals surface area contributed by atoms with E-state index in [1.807, 2.05) is 4.90 Å². The third kappa shape index (κ3) is 6.85. The number of hydrogen-bond donors (Lipinski definition) is 1. The van der Waals surface area contributed by atoms with E-state index in [1.54, 1.807) is 58.4 Å². The predicted octanol–water partition coefficient (Wildman–Crippen LogP) is 1.81. The first-order chi connectivity index (χ1) is 17.7. The lowest BCUT2D eigenvalue weighted by Gasteiger charge is -2.35. The van der Waals surface area contributed by atoms with Crippen molar-refractivity contribution in [3.05, 3.63) is 45.9 Å². The van der Waals surface area contributed by atoms with Gasteiger partial charge in [-0.1, -0.05) is 11.6 Å². The normalized spacial score (nSPS) is 18.1. The number of rotatable bonds is 7. The van der Waals surface area contributed by atoms with Crippen LogP contribution in [0.4, 0.5) is 5.13 Å². The number of piperazine rings is 1. The molecule has 4 amide bonds. The molecule has 4 rings (SSSR count). The van der Waals surface area contributed by atoms with Gasteiger partial charge in [0.15, 0.2) is 5.13 Å². The maximum absolute atomic E-state index is 12.9. The number of nitrogens with zero attached hydrogens (tertiary/aromatic N) is 5. The van der Waals surface area contributed by atoms with E-state index in [-0.39, 0.29) is 42.6 Å². The molecule has 198 valence electrons. The zero-order chi connectivity index (χ0) is 26.5. The van der Waals surface area contributed by atoms with Crippen LogP contribution in [0.2, 0.25) is 5.02 Å². The van der Waals surface area contributed by atoms with E-state index in [1.165, 1.54) is 11.3 Å². The lowest BCUT2D eigenvalue weighted by atomic mass is 10.2. The summed E-state index contributed by atoms with van der Waals surface area (Å²) in [5.41, 5.74) is 1.07. The van der Waals surface area contributed by atoms with E-state index in [0.717, 1.165) is 6.42 Å². The third-order valence-electron chi connectivity index (χ3n) is 6.59. The van der Waals surface area contributed by atoms with Crippen molar-refractivity contribution in [2.24, 2.45) is 0 Å². The van der Waals surface area contributed by atoms with Crippen LogP contribution in [-0.4, -0.2) is 108 Å². The molecule has 1 atom stereocenters. The molecule has 0 bridgehead atoms. The molecule has 2 fully saturated rings. The standard InChI is InChI=1S/C25H31ClN6O4S/c1-29(2)24(36)20-4-3-9-32(20)22(34)15-30-10-12-31(13-11-30)21(33)14-19-16-37-25(27-19)28-23(35)17-5-7-18(26)8-6-17/h5-8,16,20H,3-4,9-15H2,1-2H3,(H,27,28,35)/t20-/m0/s1. The van der Waals surface area contributed by atoms with Crippen LogP contribution in [0.25, 0.3) is 0 Å². The minimum Gasteiger partial charge on any atom is -0.347 e. The first-order valence-corrected chi connectivity index (χ1v) is 13.5. The van der Waals surface area contributed by atoms with Gasteiger partial charge in [0.2, 0.25) is 17.7 Å². The highest BCUT2D eigenvalue weighted by Gasteiger charge is 2.35. The molecule has 0 radical (unpaired) electrons. The number of carbonyl (C=O) groups is 4. The number of carbonyl (C=O) groups excluding carboxylic acids is 4.